The lowest BCUT2D eigenvalue weighted by Gasteiger charge is -2.34. The highest BCUT2D eigenvalue weighted by atomic mass is 32.3. The van der Waals surface area contributed by atoms with Gasteiger partial charge in [0.15, 0.2) is 0 Å². The highest BCUT2D eigenvalue weighted by molar-refractivity contribution is 8.33. The number of unbranched alkanes of at least 4 members (excludes halogenated alkanes) is 1. The van der Waals surface area contributed by atoms with E-state index in [1.807, 2.05) is 0 Å². The fourth-order valence-electron chi connectivity index (χ4n) is 4.35. The van der Waals surface area contributed by atoms with Crippen molar-refractivity contribution >= 4 is 10.0 Å². The van der Waals surface area contributed by atoms with Gasteiger partial charge in [0.1, 0.15) is 0 Å². The molecule has 0 bridgehead atoms. The van der Waals surface area contributed by atoms with Crippen LogP contribution < -0.4 is 0 Å². The van der Waals surface area contributed by atoms with Crippen molar-refractivity contribution in [2.75, 3.05) is 12.0 Å². The summed E-state index contributed by atoms with van der Waals surface area (Å²) in [5.41, 5.74) is 6.47. The largest absolute Gasteiger partial charge is 0.189 e. The third-order valence-electron chi connectivity index (χ3n) is 5.80. The van der Waals surface area contributed by atoms with Crippen LogP contribution in [0.2, 0.25) is 0 Å². The van der Waals surface area contributed by atoms with E-state index >= 15 is 0 Å². The Morgan fingerprint density at radius 1 is 0.731 bits per heavy atom. The summed E-state index contributed by atoms with van der Waals surface area (Å²) in [5, 5.41) is 0. The van der Waals surface area contributed by atoms with E-state index in [2.05, 4.69) is 91.1 Å². The molecule has 0 atom stereocenters. The molecule has 2 aromatic rings. The normalized spacial score (nSPS) is 16.9. The predicted octanol–water partition coefficient (Wildman–Crippen LogP) is 7.91. The maximum absolute atomic E-state index is 2.56. The van der Waals surface area contributed by atoms with Crippen molar-refractivity contribution in [1.29, 1.82) is 0 Å². The molecule has 1 aliphatic heterocycles. The van der Waals surface area contributed by atoms with Crippen molar-refractivity contribution in [1.82, 2.24) is 0 Å². The van der Waals surface area contributed by atoms with Crippen LogP contribution in [0.1, 0.15) is 72.4 Å². The molecule has 0 fully saturated rings. The molecular weight excluding hydrogens is 332 g/mol. The summed E-state index contributed by atoms with van der Waals surface area (Å²) < 4.78 is 0. The van der Waals surface area contributed by atoms with Gasteiger partial charge in [0.25, 0.3) is 0 Å². The van der Waals surface area contributed by atoms with Crippen LogP contribution in [0.5, 0.6) is 0 Å². The van der Waals surface area contributed by atoms with Crippen LogP contribution in [0, 0.1) is 0 Å². The van der Waals surface area contributed by atoms with E-state index in [1.54, 1.807) is 20.9 Å². The van der Waals surface area contributed by atoms with E-state index in [1.165, 1.54) is 29.7 Å². The van der Waals surface area contributed by atoms with Gasteiger partial charge in [-0.05, 0) is 63.6 Å². The summed E-state index contributed by atoms with van der Waals surface area (Å²) in [5.74, 6) is 1.31. The van der Waals surface area contributed by atoms with Crippen LogP contribution >= 0.6 is 10.0 Å². The highest BCUT2D eigenvalue weighted by Gasteiger charge is 2.40. The second kappa shape index (κ2) is 6.44. The Labute approximate surface area is 162 Å². The molecule has 1 heteroatoms. The standard InChI is InChI=1S/C25H36S/c1-9-10-17-26(8)20-15-11-13-18(24(2,3)4)22(20)23-19(25(5,6)7)14-12-16-21(23)26/h11-16H,9-10,17H2,1-8H3. The number of benzene rings is 2. The summed E-state index contributed by atoms with van der Waals surface area (Å²) in [6.07, 6.45) is 5.14. The van der Waals surface area contributed by atoms with Crippen molar-refractivity contribution in [2.45, 2.75) is 81.9 Å². The predicted molar refractivity (Wildman–Crippen MR) is 119 cm³/mol. The van der Waals surface area contributed by atoms with E-state index in [4.69, 9.17) is 0 Å². The molecule has 142 valence electrons. The monoisotopic (exact) mass is 368 g/mol. The molecule has 26 heavy (non-hydrogen) atoms. The lowest BCUT2D eigenvalue weighted by Crippen LogP contribution is -2.16. The van der Waals surface area contributed by atoms with E-state index in [0.717, 1.165) is 0 Å². The molecule has 0 radical (unpaired) electrons. The lowest BCUT2D eigenvalue weighted by molar-refractivity contribution is 0.583. The molecule has 1 heterocycles. The minimum Gasteiger partial charge on any atom is -0.189 e. The fourth-order valence-corrected chi connectivity index (χ4v) is 7.98. The Morgan fingerprint density at radius 2 is 1.15 bits per heavy atom. The van der Waals surface area contributed by atoms with Crippen LogP contribution in [-0.2, 0) is 10.8 Å². The first-order valence-electron chi connectivity index (χ1n) is 10.1. The van der Waals surface area contributed by atoms with Crippen molar-refractivity contribution in [3.8, 4) is 11.1 Å². The van der Waals surface area contributed by atoms with Crippen LogP contribution in [-0.4, -0.2) is 12.0 Å². The second-order valence-corrected chi connectivity index (χ2v) is 13.5. The molecule has 0 nitrogen and oxygen atoms in total. The van der Waals surface area contributed by atoms with Crippen molar-refractivity contribution in [2.24, 2.45) is 0 Å². The maximum atomic E-state index is 2.56. The van der Waals surface area contributed by atoms with Gasteiger partial charge >= 0.3 is 0 Å². The topological polar surface area (TPSA) is 0 Å². The summed E-state index contributed by atoms with van der Waals surface area (Å²) in [6.45, 7) is 16.5. The third-order valence-corrected chi connectivity index (χ3v) is 9.52. The van der Waals surface area contributed by atoms with E-state index in [9.17, 15) is 0 Å². The average Bonchev–Trinajstić information content (AvgIpc) is 2.81. The molecule has 0 N–H and O–H groups in total. The zero-order valence-corrected chi connectivity index (χ0v) is 18.8. The molecule has 1 aliphatic rings. The Kier molecular flexibility index (Phi) is 4.84. The fraction of sp³-hybridized carbons (Fsp3) is 0.520. The van der Waals surface area contributed by atoms with E-state index in [0.29, 0.717) is 0 Å². The molecule has 2 aromatic carbocycles. The van der Waals surface area contributed by atoms with Crippen LogP contribution in [0.3, 0.4) is 0 Å². The summed E-state index contributed by atoms with van der Waals surface area (Å²) >= 11 is 0. The molecule has 0 unspecified atom stereocenters. The third kappa shape index (κ3) is 3.03. The number of hydrogen-bond acceptors (Lipinski definition) is 0. The van der Waals surface area contributed by atoms with Crippen molar-refractivity contribution < 1.29 is 0 Å². The Morgan fingerprint density at radius 3 is 1.50 bits per heavy atom. The summed E-state index contributed by atoms with van der Waals surface area (Å²) in [7, 11) is -0.950. The van der Waals surface area contributed by atoms with Crippen molar-refractivity contribution in [3.63, 3.8) is 0 Å². The molecule has 0 amide bonds. The molecule has 0 spiro atoms. The van der Waals surface area contributed by atoms with Gasteiger partial charge in [0.05, 0.1) is 0 Å². The van der Waals surface area contributed by atoms with Crippen LogP contribution in [0.25, 0.3) is 11.1 Å². The first-order chi connectivity index (χ1) is 12.0. The minimum atomic E-state index is -0.950. The number of hydrogen-bond donors (Lipinski definition) is 0. The first-order valence-corrected chi connectivity index (χ1v) is 12.3. The van der Waals surface area contributed by atoms with Crippen LogP contribution in [0.4, 0.5) is 0 Å². The summed E-state index contributed by atoms with van der Waals surface area (Å²) in [6, 6.07) is 14.2. The highest BCUT2D eigenvalue weighted by Crippen LogP contribution is 2.71. The van der Waals surface area contributed by atoms with Gasteiger partial charge in [-0.1, -0.05) is 79.2 Å². The number of rotatable bonds is 3. The lowest BCUT2D eigenvalue weighted by atomic mass is 9.77. The Bertz CT molecular complexity index is 752. The molecule has 0 saturated heterocycles. The number of fused-ring (bicyclic) bond motifs is 3. The van der Waals surface area contributed by atoms with Crippen molar-refractivity contribution in [3.05, 3.63) is 47.5 Å². The average molecular weight is 369 g/mol. The zero-order chi connectivity index (χ0) is 19.3. The van der Waals surface area contributed by atoms with Gasteiger partial charge in [-0.3, -0.25) is 0 Å². The molecule has 0 saturated carbocycles. The molecule has 0 aliphatic carbocycles. The minimum absolute atomic E-state index is 0.156. The second-order valence-electron chi connectivity index (χ2n) is 10.0. The first kappa shape index (κ1) is 19.5. The SMILES string of the molecule is CCCCS1(C)c2cccc(C(C)(C)C)c2-c2c(C(C)(C)C)cccc21. The van der Waals surface area contributed by atoms with E-state index in [-0.39, 0.29) is 10.8 Å². The Balaban J connectivity index is 2.42. The van der Waals surface area contributed by atoms with Gasteiger partial charge in [-0.2, -0.15) is 10.0 Å². The van der Waals surface area contributed by atoms with Gasteiger partial charge in [-0.25, -0.2) is 0 Å². The van der Waals surface area contributed by atoms with E-state index < -0.39 is 10.0 Å². The van der Waals surface area contributed by atoms with Crippen LogP contribution in [0.15, 0.2) is 46.2 Å². The molecule has 3 rings (SSSR count). The van der Waals surface area contributed by atoms with Gasteiger partial charge < -0.3 is 0 Å². The van der Waals surface area contributed by atoms with Gasteiger partial charge in [-0.15, -0.1) is 0 Å². The molecule has 0 aromatic heterocycles. The zero-order valence-electron chi connectivity index (χ0n) is 18.0. The smallest absolute Gasteiger partial charge is 0.00209 e. The molecular formula is C25H36S. The maximum Gasteiger partial charge on any atom is 0.00209 e. The quantitative estimate of drug-likeness (QED) is 0.516. The Hall–Kier alpha value is -1.21. The van der Waals surface area contributed by atoms with Gasteiger partial charge in [0.2, 0.25) is 0 Å². The van der Waals surface area contributed by atoms with Gasteiger partial charge in [0, 0.05) is 9.79 Å². The summed E-state index contributed by atoms with van der Waals surface area (Å²) in [4.78, 5) is 3.26.